The average molecular weight is 419 g/mol. The van der Waals surface area contributed by atoms with E-state index >= 15 is 0 Å². The number of rotatable bonds is 9. The second-order valence-corrected chi connectivity index (χ2v) is 8.82. The summed E-state index contributed by atoms with van der Waals surface area (Å²) in [5.41, 5.74) is 1.04. The molecule has 3 atom stereocenters. The van der Waals surface area contributed by atoms with E-state index in [4.69, 9.17) is 19.3 Å². The zero-order valence-electron chi connectivity index (χ0n) is 17.1. The lowest BCUT2D eigenvalue weighted by Gasteiger charge is -2.26. The average Bonchev–Trinajstić information content (AvgIpc) is 2.58. The number of ether oxygens (including phenoxy) is 2. The van der Waals surface area contributed by atoms with E-state index in [1.807, 2.05) is 0 Å². The SMILES string of the molecule is CC(C)C(=O)O[C@H](OC(=O)NC(O)CCC1CCCC(=CP(O)O)C1)C(C)C. The number of carbonyl (C=O) groups excluding carboxylic acids is 2. The summed E-state index contributed by atoms with van der Waals surface area (Å²) >= 11 is 0. The molecule has 0 aliphatic heterocycles. The lowest BCUT2D eigenvalue weighted by Crippen LogP contribution is -2.40. The molecule has 1 aliphatic rings. The first-order valence-electron chi connectivity index (χ1n) is 9.80. The molecule has 0 aromatic carbocycles. The third kappa shape index (κ3) is 9.82. The lowest BCUT2D eigenvalue weighted by molar-refractivity contribution is -0.179. The van der Waals surface area contributed by atoms with Crippen molar-refractivity contribution in [1.29, 1.82) is 0 Å². The minimum Gasteiger partial charge on any atom is -0.425 e. The standard InChI is InChI=1S/C19H34NO7P/c1-12(2)17(22)26-18(13(3)4)27-19(23)20-16(21)9-8-14-6-5-7-15(10-14)11-28(24)25/h11-14,16,18,21,24-25H,5-10H2,1-4H3,(H,20,23)/t14?,16?,18-/m1/s1. The molecule has 162 valence electrons. The fourth-order valence-corrected chi connectivity index (χ4v) is 3.57. The highest BCUT2D eigenvalue weighted by atomic mass is 31.2. The van der Waals surface area contributed by atoms with Gasteiger partial charge in [0.1, 0.15) is 6.23 Å². The number of aliphatic hydroxyl groups excluding tert-OH is 1. The predicted molar refractivity (Wildman–Crippen MR) is 106 cm³/mol. The van der Waals surface area contributed by atoms with E-state index in [2.05, 4.69) is 5.32 Å². The molecule has 0 heterocycles. The van der Waals surface area contributed by atoms with Crippen LogP contribution in [0.4, 0.5) is 4.79 Å². The highest BCUT2D eigenvalue weighted by molar-refractivity contribution is 7.48. The molecule has 1 amide bonds. The quantitative estimate of drug-likeness (QED) is 0.256. The molecule has 0 spiro atoms. The summed E-state index contributed by atoms with van der Waals surface area (Å²) < 4.78 is 10.3. The van der Waals surface area contributed by atoms with Crippen LogP contribution >= 0.6 is 8.38 Å². The van der Waals surface area contributed by atoms with Crippen LogP contribution in [0.25, 0.3) is 0 Å². The molecule has 0 saturated heterocycles. The summed E-state index contributed by atoms with van der Waals surface area (Å²) in [7, 11) is -2.02. The Labute approximate surface area is 168 Å². The van der Waals surface area contributed by atoms with Crippen LogP contribution in [0.5, 0.6) is 0 Å². The van der Waals surface area contributed by atoms with Crippen molar-refractivity contribution in [2.75, 3.05) is 0 Å². The van der Waals surface area contributed by atoms with E-state index < -0.39 is 33.0 Å². The lowest BCUT2D eigenvalue weighted by atomic mass is 9.83. The number of hydrogen-bond acceptors (Lipinski definition) is 7. The maximum absolute atomic E-state index is 12.0. The van der Waals surface area contributed by atoms with Crippen LogP contribution in [0.1, 0.15) is 66.2 Å². The molecule has 9 heteroatoms. The van der Waals surface area contributed by atoms with Gasteiger partial charge >= 0.3 is 12.1 Å². The molecule has 2 unspecified atom stereocenters. The van der Waals surface area contributed by atoms with Crippen molar-refractivity contribution >= 4 is 20.4 Å². The van der Waals surface area contributed by atoms with Crippen LogP contribution in [-0.2, 0) is 14.3 Å². The Bertz CT molecular complexity index is 536. The first kappa shape index (κ1) is 24.8. The smallest absolute Gasteiger partial charge is 0.412 e. The molecule has 28 heavy (non-hydrogen) atoms. The van der Waals surface area contributed by atoms with Crippen LogP contribution in [0.3, 0.4) is 0 Å². The predicted octanol–water partition coefficient (Wildman–Crippen LogP) is 3.36. The van der Waals surface area contributed by atoms with Gasteiger partial charge in [0.05, 0.1) is 5.92 Å². The molecule has 1 fully saturated rings. The highest BCUT2D eigenvalue weighted by Gasteiger charge is 2.25. The first-order valence-corrected chi connectivity index (χ1v) is 11.1. The maximum atomic E-state index is 12.0. The zero-order valence-corrected chi connectivity index (χ0v) is 18.0. The van der Waals surface area contributed by atoms with Gasteiger partial charge in [-0.3, -0.25) is 10.1 Å². The summed E-state index contributed by atoms with van der Waals surface area (Å²) in [5.74, 6) is 0.848. The van der Waals surface area contributed by atoms with E-state index in [0.29, 0.717) is 18.8 Å². The van der Waals surface area contributed by atoms with Gasteiger partial charge in [-0.1, -0.05) is 33.3 Å². The number of amides is 1. The van der Waals surface area contributed by atoms with Gasteiger partial charge in [-0.15, -0.1) is 0 Å². The van der Waals surface area contributed by atoms with Gasteiger partial charge in [0.15, 0.2) is 8.38 Å². The molecule has 0 radical (unpaired) electrons. The Kier molecular flexibility index (Phi) is 11.0. The summed E-state index contributed by atoms with van der Waals surface area (Å²) in [6, 6.07) is 0. The van der Waals surface area contributed by atoms with Gasteiger partial charge in [-0.05, 0) is 50.3 Å². The Balaban J connectivity index is 2.41. The van der Waals surface area contributed by atoms with Crippen molar-refractivity contribution < 1.29 is 34.0 Å². The highest BCUT2D eigenvalue weighted by Crippen LogP contribution is 2.37. The number of carbonyl (C=O) groups is 2. The third-order valence-corrected chi connectivity index (χ3v) is 5.16. The number of alkyl carbamates (subject to hydrolysis) is 1. The van der Waals surface area contributed by atoms with Crippen molar-refractivity contribution in [1.82, 2.24) is 5.32 Å². The monoisotopic (exact) mass is 419 g/mol. The molecular weight excluding hydrogens is 385 g/mol. The molecule has 4 N–H and O–H groups in total. The molecule has 0 aromatic heterocycles. The van der Waals surface area contributed by atoms with E-state index in [-0.39, 0.29) is 11.8 Å². The molecular formula is C19H34NO7P. The van der Waals surface area contributed by atoms with E-state index in [1.165, 1.54) is 5.82 Å². The largest absolute Gasteiger partial charge is 0.425 e. The maximum Gasteiger partial charge on any atom is 0.412 e. The fraction of sp³-hybridized carbons (Fsp3) is 0.789. The fourth-order valence-electron chi connectivity index (χ4n) is 3.01. The number of nitrogens with one attached hydrogen (secondary N) is 1. The van der Waals surface area contributed by atoms with Crippen molar-refractivity contribution in [2.24, 2.45) is 17.8 Å². The van der Waals surface area contributed by atoms with Crippen molar-refractivity contribution in [3.05, 3.63) is 11.4 Å². The molecule has 0 bridgehead atoms. The minimum atomic E-state index is -2.02. The number of aliphatic hydroxyl groups is 1. The molecule has 0 aromatic rings. The molecule has 1 rings (SSSR count). The van der Waals surface area contributed by atoms with Gasteiger partial charge in [-0.25, -0.2) is 4.79 Å². The van der Waals surface area contributed by atoms with Gasteiger partial charge < -0.3 is 24.4 Å². The normalized spacial score (nSPS) is 21.1. The Morgan fingerprint density at radius 3 is 2.50 bits per heavy atom. The van der Waals surface area contributed by atoms with Crippen LogP contribution in [0.2, 0.25) is 0 Å². The van der Waals surface area contributed by atoms with E-state index in [9.17, 15) is 14.7 Å². The van der Waals surface area contributed by atoms with E-state index in [0.717, 1.165) is 31.3 Å². The van der Waals surface area contributed by atoms with Crippen molar-refractivity contribution in [3.63, 3.8) is 0 Å². The van der Waals surface area contributed by atoms with Gasteiger partial charge in [-0.2, -0.15) is 0 Å². The van der Waals surface area contributed by atoms with Crippen LogP contribution in [0.15, 0.2) is 11.4 Å². The van der Waals surface area contributed by atoms with Crippen LogP contribution < -0.4 is 5.32 Å². The molecule has 1 saturated carbocycles. The molecule has 8 nitrogen and oxygen atoms in total. The summed E-state index contributed by atoms with van der Waals surface area (Å²) in [4.78, 5) is 41.9. The first-order chi connectivity index (χ1) is 13.1. The minimum absolute atomic E-state index is 0.221. The second-order valence-electron chi connectivity index (χ2n) is 7.92. The van der Waals surface area contributed by atoms with Gasteiger partial charge in [0.25, 0.3) is 6.29 Å². The molecule has 1 aliphatic carbocycles. The zero-order chi connectivity index (χ0) is 21.3. The Hall–Kier alpha value is -1.21. The number of allylic oxidation sites excluding steroid dienone is 1. The van der Waals surface area contributed by atoms with Crippen molar-refractivity contribution in [2.45, 2.75) is 78.7 Å². The van der Waals surface area contributed by atoms with Crippen LogP contribution in [-0.4, -0.2) is 39.5 Å². The van der Waals surface area contributed by atoms with Crippen molar-refractivity contribution in [3.8, 4) is 0 Å². The van der Waals surface area contributed by atoms with Gasteiger partial charge in [0.2, 0.25) is 0 Å². The summed E-state index contributed by atoms with van der Waals surface area (Å²) in [6.07, 6.45) is 1.77. The number of esters is 1. The van der Waals surface area contributed by atoms with E-state index in [1.54, 1.807) is 27.7 Å². The number of hydrogen-bond donors (Lipinski definition) is 4. The summed E-state index contributed by atoms with van der Waals surface area (Å²) in [6.45, 7) is 6.91. The second kappa shape index (κ2) is 12.4. The topological polar surface area (TPSA) is 125 Å². The third-order valence-electron chi connectivity index (χ3n) is 4.56. The van der Waals surface area contributed by atoms with Crippen LogP contribution in [0, 0.1) is 17.8 Å². The van der Waals surface area contributed by atoms with Gasteiger partial charge in [0, 0.05) is 5.92 Å². The summed E-state index contributed by atoms with van der Waals surface area (Å²) in [5, 5.41) is 12.4. The Morgan fingerprint density at radius 2 is 1.93 bits per heavy atom. The Morgan fingerprint density at radius 1 is 1.25 bits per heavy atom.